The van der Waals surface area contributed by atoms with Crippen molar-refractivity contribution in [3.8, 4) is 0 Å². The number of nitrogens with two attached hydrogens (primary N) is 1. The molecular formula is C10H12N6O2. The minimum absolute atomic E-state index is 0.211. The third-order valence-corrected chi connectivity index (χ3v) is 2.41. The first-order chi connectivity index (χ1) is 8.63. The molecule has 0 unspecified atom stereocenters. The topological polar surface area (TPSA) is 115 Å². The number of nitrogens with one attached hydrogen (secondary N) is 1. The van der Waals surface area contributed by atoms with Crippen LogP contribution in [-0.2, 0) is 11.2 Å². The Kier molecular flexibility index (Phi) is 3.18. The van der Waals surface area contributed by atoms with Crippen molar-refractivity contribution in [1.29, 1.82) is 0 Å². The Morgan fingerprint density at radius 3 is 2.89 bits per heavy atom. The highest BCUT2D eigenvalue weighted by molar-refractivity contribution is 5.97. The molecule has 0 bridgehead atoms. The number of carbonyl (C=O) groups is 2. The third kappa shape index (κ3) is 2.12. The Labute approximate surface area is 102 Å². The van der Waals surface area contributed by atoms with Gasteiger partial charge in [-0.1, -0.05) is 6.92 Å². The van der Waals surface area contributed by atoms with E-state index in [1.807, 2.05) is 6.92 Å². The summed E-state index contributed by atoms with van der Waals surface area (Å²) in [4.78, 5) is 30.4. The van der Waals surface area contributed by atoms with E-state index in [-0.39, 0.29) is 6.54 Å². The second-order valence-corrected chi connectivity index (χ2v) is 3.59. The number of hydrogen-bond donors (Lipinski definition) is 2. The molecule has 8 heteroatoms. The molecule has 2 aromatic heterocycles. The van der Waals surface area contributed by atoms with Gasteiger partial charge in [-0.25, -0.2) is 9.50 Å². The Hall–Kier alpha value is -2.51. The van der Waals surface area contributed by atoms with Crippen LogP contribution in [-0.4, -0.2) is 37.9 Å². The number of rotatable bonds is 4. The Bertz CT molecular complexity index is 605. The first kappa shape index (κ1) is 12.0. The van der Waals surface area contributed by atoms with Gasteiger partial charge in [0.25, 0.3) is 11.7 Å². The summed E-state index contributed by atoms with van der Waals surface area (Å²) in [6, 6.07) is 0. The largest absolute Gasteiger partial charge is 0.368 e. The van der Waals surface area contributed by atoms with E-state index in [1.54, 1.807) is 0 Å². The van der Waals surface area contributed by atoms with Crippen LogP contribution in [0, 0.1) is 0 Å². The molecule has 2 amide bonds. The highest BCUT2D eigenvalue weighted by Gasteiger charge is 2.15. The molecule has 0 fully saturated rings. The standard InChI is InChI=1S/C10H12N6O2/c1-2-7-6(9(18)12-4-8(11)17)3-13-10-14-5-15-16(7)10/h3,5H,2,4H2,1H3,(H2,11,17)(H,12,18). The van der Waals surface area contributed by atoms with Gasteiger partial charge < -0.3 is 11.1 Å². The van der Waals surface area contributed by atoms with E-state index < -0.39 is 11.8 Å². The predicted octanol–water partition coefficient (Wildman–Crippen LogP) is -1.10. The average molecular weight is 248 g/mol. The normalized spacial score (nSPS) is 10.5. The molecule has 2 rings (SSSR count). The molecule has 0 radical (unpaired) electrons. The fraction of sp³-hybridized carbons (Fsp3) is 0.300. The molecule has 3 N–H and O–H groups in total. The van der Waals surface area contributed by atoms with Gasteiger partial charge >= 0.3 is 0 Å². The zero-order chi connectivity index (χ0) is 13.1. The second kappa shape index (κ2) is 4.78. The molecule has 0 aliphatic rings. The lowest BCUT2D eigenvalue weighted by Crippen LogP contribution is -2.34. The maximum absolute atomic E-state index is 11.9. The molecular weight excluding hydrogens is 236 g/mol. The molecule has 0 aromatic carbocycles. The highest BCUT2D eigenvalue weighted by atomic mass is 16.2. The first-order valence-electron chi connectivity index (χ1n) is 5.37. The van der Waals surface area contributed by atoms with Crippen LogP contribution in [0.25, 0.3) is 5.78 Å². The zero-order valence-electron chi connectivity index (χ0n) is 9.75. The van der Waals surface area contributed by atoms with Crippen LogP contribution in [0.3, 0.4) is 0 Å². The Balaban J connectivity index is 2.37. The molecule has 8 nitrogen and oxygen atoms in total. The maximum atomic E-state index is 11.9. The van der Waals surface area contributed by atoms with E-state index in [1.165, 1.54) is 17.0 Å². The zero-order valence-corrected chi connectivity index (χ0v) is 9.75. The van der Waals surface area contributed by atoms with Crippen LogP contribution < -0.4 is 11.1 Å². The minimum atomic E-state index is -0.601. The van der Waals surface area contributed by atoms with E-state index in [0.717, 1.165) is 0 Å². The first-order valence-corrected chi connectivity index (χ1v) is 5.37. The quantitative estimate of drug-likeness (QED) is 0.712. The van der Waals surface area contributed by atoms with E-state index in [0.29, 0.717) is 23.5 Å². The molecule has 0 aliphatic carbocycles. The highest BCUT2D eigenvalue weighted by Crippen LogP contribution is 2.09. The molecule has 2 aromatic rings. The number of primary amides is 1. The van der Waals surface area contributed by atoms with E-state index in [9.17, 15) is 9.59 Å². The van der Waals surface area contributed by atoms with Gasteiger partial charge in [-0.3, -0.25) is 9.59 Å². The molecule has 2 heterocycles. The van der Waals surface area contributed by atoms with Crippen molar-refractivity contribution >= 4 is 17.6 Å². The van der Waals surface area contributed by atoms with E-state index in [4.69, 9.17) is 5.73 Å². The summed E-state index contributed by atoms with van der Waals surface area (Å²) >= 11 is 0. The fourth-order valence-electron chi connectivity index (χ4n) is 1.62. The summed E-state index contributed by atoms with van der Waals surface area (Å²) in [6.45, 7) is 1.68. The van der Waals surface area contributed by atoms with Gasteiger partial charge in [-0.15, -0.1) is 0 Å². The molecule has 18 heavy (non-hydrogen) atoms. The molecule has 0 atom stereocenters. The minimum Gasteiger partial charge on any atom is -0.368 e. The lowest BCUT2D eigenvalue weighted by molar-refractivity contribution is -0.117. The molecule has 0 aliphatic heterocycles. The van der Waals surface area contributed by atoms with E-state index >= 15 is 0 Å². The molecule has 0 saturated carbocycles. The number of aromatic nitrogens is 4. The maximum Gasteiger partial charge on any atom is 0.255 e. The number of fused-ring (bicyclic) bond motifs is 1. The van der Waals surface area contributed by atoms with Gasteiger partial charge in [0, 0.05) is 6.20 Å². The number of aryl methyl sites for hydroxylation is 1. The summed E-state index contributed by atoms with van der Waals surface area (Å²) in [6.07, 6.45) is 3.37. The van der Waals surface area contributed by atoms with Crippen molar-refractivity contribution in [3.05, 3.63) is 23.8 Å². The number of carbonyl (C=O) groups excluding carboxylic acids is 2. The summed E-state index contributed by atoms with van der Waals surface area (Å²) < 4.78 is 1.50. The van der Waals surface area contributed by atoms with Crippen molar-refractivity contribution in [2.45, 2.75) is 13.3 Å². The van der Waals surface area contributed by atoms with Crippen LogP contribution in [0.2, 0.25) is 0 Å². The van der Waals surface area contributed by atoms with Crippen LogP contribution in [0.5, 0.6) is 0 Å². The van der Waals surface area contributed by atoms with Gasteiger partial charge in [0.15, 0.2) is 0 Å². The Morgan fingerprint density at radius 1 is 1.44 bits per heavy atom. The lowest BCUT2D eigenvalue weighted by Gasteiger charge is -2.08. The lowest BCUT2D eigenvalue weighted by atomic mass is 10.2. The molecule has 0 spiro atoms. The monoisotopic (exact) mass is 248 g/mol. The summed E-state index contributed by atoms with van der Waals surface area (Å²) in [5.41, 5.74) is 6.00. The van der Waals surface area contributed by atoms with Crippen LogP contribution >= 0.6 is 0 Å². The summed E-state index contributed by atoms with van der Waals surface area (Å²) in [5.74, 6) is -0.579. The summed E-state index contributed by atoms with van der Waals surface area (Å²) in [5, 5.41) is 6.41. The van der Waals surface area contributed by atoms with Crippen molar-refractivity contribution in [3.63, 3.8) is 0 Å². The van der Waals surface area contributed by atoms with E-state index in [2.05, 4.69) is 20.4 Å². The number of hydrogen-bond acceptors (Lipinski definition) is 5. The van der Waals surface area contributed by atoms with Gasteiger partial charge in [-0.2, -0.15) is 10.1 Å². The average Bonchev–Trinajstić information content (AvgIpc) is 2.82. The van der Waals surface area contributed by atoms with Gasteiger partial charge in [0.05, 0.1) is 17.8 Å². The van der Waals surface area contributed by atoms with Crippen LogP contribution in [0.15, 0.2) is 12.5 Å². The SMILES string of the molecule is CCc1c(C(=O)NCC(N)=O)cnc2ncnn12. The number of amides is 2. The van der Waals surface area contributed by atoms with Crippen molar-refractivity contribution < 1.29 is 9.59 Å². The summed E-state index contributed by atoms with van der Waals surface area (Å²) in [7, 11) is 0. The second-order valence-electron chi connectivity index (χ2n) is 3.59. The van der Waals surface area contributed by atoms with Crippen molar-refractivity contribution in [2.75, 3.05) is 6.54 Å². The predicted molar refractivity (Wildman–Crippen MR) is 61.7 cm³/mol. The van der Waals surface area contributed by atoms with Gasteiger partial charge in [0.2, 0.25) is 5.91 Å². The van der Waals surface area contributed by atoms with Crippen molar-refractivity contribution in [2.24, 2.45) is 5.73 Å². The van der Waals surface area contributed by atoms with Gasteiger partial charge in [0.1, 0.15) is 6.33 Å². The van der Waals surface area contributed by atoms with Crippen molar-refractivity contribution in [1.82, 2.24) is 24.9 Å². The molecule has 94 valence electrons. The van der Waals surface area contributed by atoms with Gasteiger partial charge in [-0.05, 0) is 6.42 Å². The Morgan fingerprint density at radius 2 is 2.22 bits per heavy atom. The number of nitrogens with zero attached hydrogens (tertiary/aromatic N) is 4. The van der Waals surface area contributed by atoms with Crippen LogP contribution in [0.4, 0.5) is 0 Å². The smallest absolute Gasteiger partial charge is 0.255 e. The third-order valence-electron chi connectivity index (χ3n) is 2.41. The fourth-order valence-corrected chi connectivity index (χ4v) is 1.62. The molecule has 0 saturated heterocycles. The van der Waals surface area contributed by atoms with Crippen LogP contribution in [0.1, 0.15) is 23.0 Å².